The molecule has 0 spiro atoms. The number of oxazole rings is 1. The van der Waals surface area contributed by atoms with Crippen LogP contribution in [-0.4, -0.2) is 14.7 Å². The maximum Gasteiger partial charge on any atom is 0.258 e. The Balaban J connectivity index is 2.95. The number of aromatic hydroxyl groups is 1. The molecule has 0 fully saturated rings. The van der Waals surface area contributed by atoms with Gasteiger partial charge in [0.2, 0.25) is 5.71 Å². The van der Waals surface area contributed by atoms with Gasteiger partial charge in [0.25, 0.3) is 5.88 Å². The zero-order chi connectivity index (χ0) is 7.14. The van der Waals surface area contributed by atoms with Crippen LogP contribution in [0.4, 0.5) is 5.69 Å². The molecule has 5 heteroatoms. The molecule has 0 saturated carbocycles. The minimum absolute atomic E-state index is 0.171. The average molecular weight is 139 g/mol. The highest BCUT2D eigenvalue weighted by molar-refractivity contribution is 5.67. The van der Waals surface area contributed by atoms with Crippen LogP contribution in [0.5, 0.6) is 5.88 Å². The predicted octanol–water partition coefficient (Wildman–Crippen LogP) is 0.215. The van der Waals surface area contributed by atoms with E-state index in [1.807, 2.05) is 0 Å². The fourth-order valence-corrected chi connectivity index (χ4v) is 0.791. The molecule has 0 aliphatic heterocycles. The van der Waals surface area contributed by atoms with Crippen LogP contribution in [-0.2, 0) is 0 Å². The van der Waals surface area contributed by atoms with E-state index in [1.54, 1.807) is 6.20 Å². The van der Waals surface area contributed by atoms with Gasteiger partial charge in [-0.2, -0.15) is 4.52 Å². The summed E-state index contributed by atoms with van der Waals surface area (Å²) in [5.41, 5.74) is 5.90. The Bertz CT molecular complexity index is 362. The summed E-state index contributed by atoms with van der Waals surface area (Å²) in [6, 6.07) is 0. The number of nitrogens with two attached hydrogens (primary N) is 1. The Kier molecular flexibility index (Phi) is 0.743. The van der Waals surface area contributed by atoms with Crippen molar-refractivity contribution in [3.63, 3.8) is 0 Å². The van der Waals surface area contributed by atoms with Crippen molar-refractivity contribution in [1.29, 1.82) is 0 Å². The van der Waals surface area contributed by atoms with Crippen molar-refractivity contribution in [3.8, 4) is 5.88 Å². The molecule has 2 aromatic rings. The van der Waals surface area contributed by atoms with Gasteiger partial charge in [0.05, 0.1) is 6.20 Å². The molecule has 0 bridgehead atoms. The number of fused-ring (bicyclic) bond motifs is 1. The van der Waals surface area contributed by atoms with Gasteiger partial charge in [-0.15, -0.1) is 5.10 Å². The minimum atomic E-state index is -0.195. The topological polar surface area (TPSA) is 76.7 Å². The van der Waals surface area contributed by atoms with E-state index in [0.717, 1.165) is 0 Å². The Hall–Kier alpha value is -1.65. The molecule has 52 valence electrons. The van der Waals surface area contributed by atoms with Crippen LogP contribution < -0.4 is 5.73 Å². The lowest BCUT2D eigenvalue weighted by molar-refractivity contribution is 0.451. The SMILES string of the molecule is Nc1c(O)nn2ccoc12. The fourth-order valence-electron chi connectivity index (χ4n) is 0.791. The van der Waals surface area contributed by atoms with Gasteiger partial charge in [-0.1, -0.05) is 0 Å². The normalized spacial score (nSPS) is 10.8. The highest BCUT2D eigenvalue weighted by Gasteiger charge is 2.09. The third kappa shape index (κ3) is 0.439. The van der Waals surface area contributed by atoms with E-state index in [9.17, 15) is 0 Å². The number of hydrogen-bond acceptors (Lipinski definition) is 4. The van der Waals surface area contributed by atoms with Gasteiger partial charge in [-0.3, -0.25) is 0 Å². The van der Waals surface area contributed by atoms with Crippen molar-refractivity contribution >= 4 is 11.4 Å². The second-order valence-corrected chi connectivity index (χ2v) is 1.89. The number of rotatable bonds is 0. The van der Waals surface area contributed by atoms with Gasteiger partial charge < -0.3 is 15.3 Å². The molecule has 0 atom stereocenters. The summed E-state index contributed by atoms with van der Waals surface area (Å²) in [6.45, 7) is 0. The number of nitrogens with zero attached hydrogens (tertiary/aromatic N) is 2. The van der Waals surface area contributed by atoms with E-state index < -0.39 is 0 Å². The molecule has 5 nitrogen and oxygen atoms in total. The summed E-state index contributed by atoms with van der Waals surface area (Å²) in [6.07, 6.45) is 3.00. The van der Waals surface area contributed by atoms with Crippen molar-refractivity contribution < 1.29 is 9.52 Å². The lowest BCUT2D eigenvalue weighted by Gasteiger charge is -1.80. The maximum absolute atomic E-state index is 8.92. The van der Waals surface area contributed by atoms with Crippen molar-refractivity contribution in [3.05, 3.63) is 12.5 Å². The highest BCUT2D eigenvalue weighted by Crippen LogP contribution is 2.23. The summed E-state index contributed by atoms with van der Waals surface area (Å²) in [4.78, 5) is 0. The molecule has 0 saturated heterocycles. The zero-order valence-corrected chi connectivity index (χ0v) is 4.98. The van der Waals surface area contributed by atoms with Crippen LogP contribution in [0.2, 0.25) is 0 Å². The summed E-state index contributed by atoms with van der Waals surface area (Å²) in [7, 11) is 0. The van der Waals surface area contributed by atoms with Crippen LogP contribution in [0.15, 0.2) is 16.9 Å². The molecular weight excluding hydrogens is 134 g/mol. The summed E-state index contributed by atoms with van der Waals surface area (Å²) >= 11 is 0. The van der Waals surface area contributed by atoms with Crippen molar-refractivity contribution in [2.75, 3.05) is 5.73 Å². The maximum atomic E-state index is 8.92. The van der Waals surface area contributed by atoms with E-state index in [0.29, 0.717) is 5.71 Å². The first-order valence-electron chi connectivity index (χ1n) is 2.69. The van der Waals surface area contributed by atoms with E-state index >= 15 is 0 Å². The predicted molar refractivity (Wildman–Crippen MR) is 33.5 cm³/mol. The molecule has 0 aromatic carbocycles. The van der Waals surface area contributed by atoms with Crippen molar-refractivity contribution in [1.82, 2.24) is 9.61 Å². The Labute approximate surface area is 55.7 Å². The van der Waals surface area contributed by atoms with Gasteiger partial charge in [0, 0.05) is 0 Å². The van der Waals surface area contributed by atoms with Crippen LogP contribution in [0.1, 0.15) is 0 Å². The van der Waals surface area contributed by atoms with Gasteiger partial charge in [0.1, 0.15) is 6.26 Å². The number of anilines is 1. The number of aromatic nitrogens is 2. The number of hydrogen-bond donors (Lipinski definition) is 2. The van der Waals surface area contributed by atoms with E-state index in [2.05, 4.69) is 5.10 Å². The van der Waals surface area contributed by atoms with Gasteiger partial charge in [0.15, 0.2) is 5.69 Å². The molecule has 0 amide bonds. The molecule has 10 heavy (non-hydrogen) atoms. The lowest BCUT2D eigenvalue weighted by atomic mass is 10.6. The average Bonchev–Trinajstić information content (AvgIpc) is 2.41. The molecule has 0 aliphatic rings. The van der Waals surface area contributed by atoms with Crippen LogP contribution in [0, 0.1) is 0 Å². The smallest absolute Gasteiger partial charge is 0.258 e. The standard InChI is InChI=1S/C5H5N3O2/c6-3-4(9)7-8-1-2-10-5(3)8/h1-2H,6H2,(H,7,9). The van der Waals surface area contributed by atoms with E-state index in [4.69, 9.17) is 15.3 Å². The second-order valence-electron chi connectivity index (χ2n) is 1.89. The van der Waals surface area contributed by atoms with Crippen molar-refractivity contribution in [2.24, 2.45) is 0 Å². The largest absolute Gasteiger partial charge is 0.491 e. The molecular formula is C5H5N3O2. The quantitative estimate of drug-likeness (QED) is 0.547. The zero-order valence-electron chi connectivity index (χ0n) is 4.98. The molecule has 0 unspecified atom stereocenters. The van der Waals surface area contributed by atoms with Gasteiger partial charge in [-0.25, -0.2) is 0 Å². The van der Waals surface area contributed by atoms with Gasteiger partial charge in [-0.05, 0) is 0 Å². The molecule has 2 rings (SSSR count). The molecule has 3 N–H and O–H groups in total. The first-order valence-corrected chi connectivity index (χ1v) is 2.69. The van der Waals surface area contributed by atoms with Gasteiger partial charge >= 0.3 is 0 Å². The van der Waals surface area contributed by atoms with E-state index in [-0.39, 0.29) is 11.6 Å². The Morgan fingerprint density at radius 2 is 2.50 bits per heavy atom. The summed E-state index contributed by atoms with van der Waals surface area (Å²) in [5.74, 6) is -0.195. The van der Waals surface area contributed by atoms with Crippen LogP contribution in [0.25, 0.3) is 5.71 Å². The lowest BCUT2D eigenvalue weighted by Crippen LogP contribution is -1.80. The highest BCUT2D eigenvalue weighted by atomic mass is 16.3. The monoisotopic (exact) mass is 139 g/mol. The first kappa shape index (κ1) is 5.16. The summed E-state index contributed by atoms with van der Waals surface area (Å²) < 4.78 is 6.25. The Morgan fingerprint density at radius 1 is 1.70 bits per heavy atom. The molecule has 2 heterocycles. The Morgan fingerprint density at radius 3 is 3.20 bits per heavy atom. The number of nitrogen functional groups attached to an aromatic ring is 1. The molecule has 0 radical (unpaired) electrons. The summed E-state index contributed by atoms with van der Waals surface area (Å²) in [5, 5.41) is 12.5. The second kappa shape index (κ2) is 1.44. The fraction of sp³-hybridized carbons (Fsp3) is 0. The van der Waals surface area contributed by atoms with Crippen molar-refractivity contribution in [2.45, 2.75) is 0 Å². The van der Waals surface area contributed by atoms with Crippen LogP contribution >= 0.6 is 0 Å². The minimum Gasteiger partial charge on any atom is -0.491 e. The third-order valence-corrected chi connectivity index (χ3v) is 1.26. The van der Waals surface area contributed by atoms with E-state index in [1.165, 1.54) is 10.8 Å². The molecule has 0 aliphatic carbocycles. The third-order valence-electron chi connectivity index (χ3n) is 1.26. The first-order chi connectivity index (χ1) is 4.79. The van der Waals surface area contributed by atoms with Crippen LogP contribution in [0.3, 0.4) is 0 Å². The molecule has 2 aromatic heterocycles.